The standard InChI is InChI=1S/C30H30F3N3O2/c31-30(32,33)25-12-6-9-22(15-25)18-36-26(14-13-21-7-2-1-3-8-21)19-35(20-28(36)37)29(38)27-16-23-10-4-5-11-24(23)17-34-27/h1-12,15,26-27,34H,13-14,16-20H2/t26-,27+/m0/s1. The summed E-state index contributed by atoms with van der Waals surface area (Å²) in [6.07, 6.45) is -2.61. The number of carbonyl (C=O) groups is 2. The molecule has 2 atom stereocenters. The molecular weight excluding hydrogens is 491 g/mol. The number of alkyl halides is 3. The quantitative estimate of drug-likeness (QED) is 0.516. The van der Waals surface area contributed by atoms with Crippen molar-refractivity contribution < 1.29 is 22.8 Å². The predicted molar refractivity (Wildman–Crippen MR) is 138 cm³/mol. The van der Waals surface area contributed by atoms with Crippen molar-refractivity contribution in [1.82, 2.24) is 15.1 Å². The molecule has 0 unspecified atom stereocenters. The number of hydrogen-bond acceptors (Lipinski definition) is 3. The monoisotopic (exact) mass is 521 g/mol. The molecule has 0 spiro atoms. The van der Waals surface area contributed by atoms with Gasteiger partial charge in [0.15, 0.2) is 0 Å². The largest absolute Gasteiger partial charge is 0.416 e. The van der Waals surface area contributed by atoms with Gasteiger partial charge in [-0.15, -0.1) is 0 Å². The van der Waals surface area contributed by atoms with Crippen LogP contribution >= 0.6 is 0 Å². The lowest BCUT2D eigenvalue weighted by atomic mass is 9.94. The van der Waals surface area contributed by atoms with Crippen molar-refractivity contribution in [3.8, 4) is 0 Å². The Bertz CT molecular complexity index is 1300. The number of fused-ring (bicyclic) bond motifs is 1. The van der Waals surface area contributed by atoms with Gasteiger partial charge >= 0.3 is 6.18 Å². The summed E-state index contributed by atoms with van der Waals surface area (Å²) >= 11 is 0. The first-order valence-electron chi connectivity index (χ1n) is 12.9. The summed E-state index contributed by atoms with van der Waals surface area (Å²) in [6.45, 7) is 0.919. The van der Waals surface area contributed by atoms with Gasteiger partial charge in [0.05, 0.1) is 24.2 Å². The van der Waals surface area contributed by atoms with Crippen LogP contribution in [0.2, 0.25) is 0 Å². The summed E-state index contributed by atoms with van der Waals surface area (Å²) in [5, 5.41) is 3.31. The molecule has 5 nitrogen and oxygen atoms in total. The zero-order chi connectivity index (χ0) is 26.7. The molecule has 1 saturated heterocycles. The van der Waals surface area contributed by atoms with E-state index in [1.165, 1.54) is 11.6 Å². The number of nitrogens with zero attached hydrogens (tertiary/aromatic N) is 2. The third kappa shape index (κ3) is 5.91. The highest BCUT2D eigenvalue weighted by Crippen LogP contribution is 2.30. The fraction of sp³-hybridized carbons (Fsp3) is 0.333. The molecule has 2 heterocycles. The van der Waals surface area contributed by atoms with E-state index in [0.717, 1.165) is 23.3 Å². The Labute approximate surface area is 220 Å². The smallest absolute Gasteiger partial charge is 0.332 e. The Balaban J connectivity index is 1.34. The molecule has 3 aromatic carbocycles. The molecule has 8 heteroatoms. The fourth-order valence-corrected chi connectivity index (χ4v) is 5.38. The van der Waals surface area contributed by atoms with E-state index in [1.54, 1.807) is 15.9 Å². The zero-order valence-corrected chi connectivity index (χ0v) is 21.0. The first kappa shape index (κ1) is 26.0. The third-order valence-corrected chi connectivity index (χ3v) is 7.43. The van der Waals surface area contributed by atoms with Crippen molar-refractivity contribution in [2.45, 2.75) is 50.6 Å². The number of amides is 2. The lowest BCUT2D eigenvalue weighted by Gasteiger charge is -2.43. The molecule has 198 valence electrons. The third-order valence-electron chi connectivity index (χ3n) is 7.43. The first-order chi connectivity index (χ1) is 18.3. The van der Waals surface area contributed by atoms with Crippen LogP contribution in [0.3, 0.4) is 0 Å². The topological polar surface area (TPSA) is 52.7 Å². The van der Waals surface area contributed by atoms with Crippen molar-refractivity contribution in [3.63, 3.8) is 0 Å². The van der Waals surface area contributed by atoms with E-state index >= 15 is 0 Å². The van der Waals surface area contributed by atoms with E-state index < -0.39 is 17.8 Å². The number of benzene rings is 3. The molecular formula is C30H30F3N3O2. The molecule has 1 N–H and O–H groups in total. The maximum Gasteiger partial charge on any atom is 0.416 e. The Kier molecular flexibility index (Phi) is 7.51. The van der Waals surface area contributed by atoms with Crippen molar-refractivity contribution in [3.05, 3.63) is 107 Å². The summed E-state index contributed by atoms with van der Waals surface area (Å²) in [6, 6.07) is 22.2. The molecule has 5 rings (SSSR count). The number of aryl methyl sites for hydroxylation is 1. The molecule has 2 aliphatic heterocycles. The van der Waals surface area contributed by atoms with Gasteiger partial charge in [0, 0.05) is 19.6 Å². The fourth-order valence-electron chi connectivity index (χ4n) is 5.38. The summed E-state index contributed by atoms with van der Waals surface area (Å²) in [5.74, 6) is -0.368. The van der Waals surface area contributed by atoms with E-state index in [2.05, 4.69) is 5.32 Å². The normalized spacial score (nSPS) is 19.8. The van der Waals surface area contributed by atoms with Crippen molar-refractivity contribution >= 4 is 11.8 Å². The van der Waals surface area contributed by atoms with Gasteiger partial charge in [-0.2, -0.15) is 13.2 Å². The molecule has 0 aromatic heterocycles. The SMILES string of the molecule is O=C([C@H]1Cc2ccccc2CN1)N1CC(=O)N(Cc2cccc(C(F)(F)F)c2)[C@@H](CCc2ccccc2)C1. The lowest BCUT2D eigenvalue weighted by Crippen LogP contribution is -2.61. The van der Waals surface area contributed by atoms with Crippen LogP contribution in [-0.4, -0.2) is 46.8 Å². The van der Waals surface area contributed by atoms with Gasteiger partial charge in [-0.1, -0.05) is 66.7 Å². The minimum atomic E-state index is -4.45. The van der Waals surface area contributed by atoms with Crippen LogP contribution in [0.15, 0.2) is 78.9 Å². The number of halogens is 3. The summed E-state index contributed by atoms with van der Waals surface area (Å²) in [7, 11) is 0. The van der Waals surface area contributed by atoms with Crippen molar-refractivity contribution in [1.29, 1.82) is 0 Å². The molecule has 0 bridgehead atoms. The average molecular weight is 522 g/mol. The van der Waals surface area contributed by atoms with Gasteiger partial charge in [0.1, 0.15) is 0 Å². The van der Waals surface area contributed by atoms with E-state index in [1.807, 2.05) is 54.6 Å². The maximum absolute atomic E-state index is 13.5. The summed E-state index contributed by atoms with van der Waals surface area (Å²) < 4.78 is 39.9. The number of rotatable bonds is 6. The van der Waals surface area contributed by atoms with Crippen molar-refractivity contribution in [2.75, 3.05) is 13.1 Å². The van der Waals surface area contributed by atoms with E-state index in [0.29, 0.717) is 37.9 Å². The van der Waals surface area contributed by atoms with Crippen LogP contribution in [-0.2, 0) is 41.7 Å². The summed E-state index contributed by atoms with van der Waals surface area (Å²) in [4.78, 5) is 30.2. The Morgan fingerprint density at radius 3 is 2.39 bits per heavy atom. The molecule has 2 amide bonds. The molecule has 3 aromatic rings. The average Bonchev–Trinajstić information content (AvgIpc) is 2.93. The highest BCUT2D eigenvalue weighted by Gasteiger charge is 2.38. The minimum Gasteiger partial charge on any atom is -0.332 e. The van der Waals surface area contributed by atoms with Crippen LogP contribution < -0.4 is 5.32 Å². The van der Waals surface area contributed by atoms with E-state index in [4.69, 9.17) is 0 Å². The predicted octanol–water partition coefficient (Wildman–Crippen LogP) is 4.59. The second-order valence-corrected chi connectivity index (χ2v) is 10.0. The molecule has 38 heavy (non-hydrogen) atoms. The molecule has 0 saturated carbocycles. The van der Waals surface area contributed by atoms with Crippen LogP contribution in [0, 0.1) is 0 Å². The zero-order valence-electron chi connectivity index (χ0n) is 21.0. The van der Waals surface area contributed by atoms with Gasteiger partial charge in [-0.3, -0.25) is 9.59 Å². The van der Waals surface area contributed by atoms with Crippen LogP contribution in [0.25, 0.3) is 0 Å². The molecule has 0 aliphatic carbocycles. The second-order valence-electron chi connectivity index (χ2n) is 10.0. The van der Waals surface area contributed by atoms with Crippen molar-refractivity contribution in [2.24, 2.45) is 0 Å². The lowest BCUT2D eigenvalue weighted by molar-refractivity contribution is -0.150. The van der Waals surface area contributed by atoms with Crippen LogP contribution in [0.4, 0.5) is 13.2 Å². The molecule has 0 radical (unpaired) electrons. The van der Waals surface area contributed by atoms with Gasteiger partial charge in [-0.25, -0.2) is 0 Å². The Morgan fingerprint density at radius 2 is 1.63 bits per heavy atom. The maximum atomic E-state index is 13.5. The van der Waals surface area contributed by atoms with Gasteiger partial charge < -0.3 is 15.1 Å². The Hall–Kier alpha value is -3.65. The van der Waals surface area contributed by atoms with Crippen LogP contribution in [0.5, 0.6) is 0 Å². The van der Waals surface area contributed by atoms with E-state index in [9.17, 15) is 22.8 Å². The van der Waals surface area contributed by atoms with E-state index in [-0.39, 0.29) is 30.9 Å². The van der Waals surface area contributed by atoms with Gasteiger partial charge in [0.25, 0.3) is 0 Å². The molecule has 2 aliphatic rings. The highest BCUT2D eigenvalue weighted by atomic mass is 19.4. The number of carbonyl (C=O) groups excluding carboxylic acids is 2. The van der Waals surface area contributed by atoms with Gasteiger partial charge in [0.2, 0.25) is 11.8 Å². The number of piperazine rings is 1. The number of nitrogens with one attached hydrogen (secondary N) is 1. The van der Waals surface area contributed by atoms with Gasteiger partial charge in [-0.05, 0) is 53.6 Å². The highest BCUT2D eigenvalue weighted by molar-refractivity contribution is 5.89. The molecule has 1 fully saturated rings. The van der Waals surface area contributed by atoms with Crippen LogP contribution in [0.1, 0.15) is 34.2 Å². The Morgan fingerprint density at radius 1 is 0.921 bits per heavy atom. The number of hydrogen-bond donors (Lipinski definition) is 1. The first-order valence-corrected chi connectivity index (χ1v) is 12.9. The second kappa shape index (κ2) is 11.0. The summed E-state index contributed by atoms with van der Waals surface area (Å²) in [5.41, 5.74) is 3.08. The minimum absolute atomic E-state index is 0.0687.